The van der Waals surface area contributed by atoms with Crippen LogP contribution in [0.2, 0.25) is 0 Å². The zero-order chi connectivity index (χ0) is 12.2. The quantitative estimate of drug-likeness (QED) is 0.711. The Labute approximate surface area is 96.2 Å². The van der Waals surface area contributed by atoms with E-state index in [9.17, 15) is 9.13 Å². The maximum atomic E-state index is 11.2. The summed E-state index contributed by atoms with van der Waals surface area (Å²) in [7, 11) is -4.94. The van der Waals surface area contributed by atoms with Gasteiger partial charge in [0.2, 0.25) is 0 Å². The van der Waals surface area contributed by atoms with Crippen molar-refractivity contribution in [2.45, 2.75) is 5.75 Å². The molecule has 16 heavy (non-hydrogen) atoms. The average Bonchev–Trinajstić information content (AvgIpc) is 2.13. The summed E-state index contributed by atoms with van der Waals surface area (Å²) in [6.45, 7) is -4.33. The highest BCUT2D eigenvalue weighted by molar-refractivity contribution is 8.54. The number of hydrogen-bond donors (Lipinski definition) is 3. The molecule has 0 radical (unpaired) electrons. The fourth-order valence-electron chi connectivity index (χ4n) is 0.888. The van der Waals surface area contributed by atoms with Gasteiger partial charge in [-0.05, 0) is 16.9 Å². The lowest BCUT2D eigenvalue weighted by molar-refractivity contribution is 0.270. The third kappa shape index (κ3) is 5.82. The molecule has 0 bridgehead atoms. The predicted octanol–water partition coefficient (Wildman–Crippen LogP) is 2.13. The molecule has 0 aliphatic rings. The van der Waals surface area contributed by atoms with Crippen LogP contribution in [0.1, 0.15) is 5.56 Å². The van der Waals surface area contributed by atoms with Crippen LogP contribution in [0.4, 0.5) is 0 Å². The summed E-state index contributed by atoms with van der Waals surface area (Å²) in [6.07, 6.45) is 0. The van der Waals surface area contributed by atoms with Crippen LogP contribution in [-0.4, -0.2) is 14.7 Å². The summed E-state index contributed by atoms with van der Waals surface area (Å²) < 4.78 is 25.4. The van der Waals surface area contributed by atoms with Gasteiger partial charge in [-0.2, -0.15) is 4.31 Å². The summed E-state index contributed by atoms with van der Waals surface area (Å²) in [4.78, 5) is 25.9. The van der Waals surface area contributed by atoms with Crippen molar-refractivity contribution in [1.82, 2.24) is 0 Å². The monoisotopic (exact) mass is 284 g/mol. The first-order valence-corrected chi connectivity index (χ1v) is 8.76. The molecule has 6 nitrogen and oxygen atoms in total. The number of phosphoric acid groups is 1. The molecule has 0 fully saturated rings. The van der Waals surface area contributed by atoms with E-state index < -0.39 is 14.6 Å². The molecule has 0 heterocycles. The Morgan fingerprint density at radius 1 is 1.12 bits per heavy atom. The zero-order valence-electron chi connectivity index (χ0n) is 7.96. The molecule has 0 amide bonds. The molecule has 1 atom stereocenters. The molecule has 0 aliphatic carbocycles. The largest absolute Gasteiger partial charge is 0.477 e. The molecule has 0 saturated carbocycles. The van der Waals surface area contributed by atoms with E-state index in [1.807, 2.05) is 0 Å². The van der Waals surface area contributed by atoms with E-state index in [1.165, 1.54) is 0 Å². The number of hydrogen-bond acceptors (Lipinski definition) is 4. The molecule has 90 valence electrons. The Hall–Kier alpha value is -0.130. The van der Waals surface area contributed by atoms with Gasteiger partial charge in [0.1, 0.15) is 0 Å². The lowest BCUT2D eigenvalue weighted by Crippen LogP contribution is -1.86. The molecule has 1 rings (SSSR count). The lowest BCUT2D eigenvalue weighted by Gasteiger charge is -2.11. The van der Waals surface area contributed by atoms with E-state index in [1.54, 1.807) is 30.3 Å². The second kappa shape index (κ2) is 5.47. The van der Waals surface area contributed by atoms with E-state index in [0.717, 1.165) is 5.56 Å². The Morgan fingerprint density at radius 2 is 1.69 bits per heavy atom. The highest BCUT2D eigenvalue weighted by Crippen LogP contribution is 2.65. The summed E-state index contributed by atoms with van der Waals surface area (Å²) in [5, 5.41) is 0. The first-order valence-electron chi connectivity index (χ1n) is 4.07. The third-order valence-corrected chi connectivity index (χ3v) is 5.88. The summed E-state index contributed by atoms with van der Waals surface area (Å²) in [6, 6.07) is 8.75. The van der Waals surface area contributed by atoms with E-state index in [-0.39, 0.29) is 5.75 Å². The van der Waals surface area contributed by atoms with Crippen molar-refractivity contribution in [3.8, 4) is 0 Å². The van der Waals surface area contributed by atoms with E-state index in [2.05, 4.69) is 4.31 Å². The van der Waals surface area contributed by atoms with Crippen molar-refractivity contribution in [1.29, 1.82) is 0 Å². The van der Waals surface area contributed by atoms with Crippen LogP contribution < -0.4 is 0 Å². The molecule has 0 saturated heterocycles. The second-order valence-electron chi connectivity index (χ2n) is 2.80. The maximum absolute atomic E-state index is 11.2. The van der Waals surface area contributed by atoms with Gasteiger partial charge in [-0.15, -0.1) is 0 Å². The van der Waals surface area contributed by atoms with Gasteiger partial charge < -0.3 is 14.7 Å². The normalized spacial score (nSPS) is 15.7. The SMILES string of the molecule is O=P(O)(O)OP(=O)(O)SCc1ccccc1. The fourth-order valence-corrected chi connectivity index (χ4v) is 4.80. The Balaban J connectivity index is 2.55. The molecule has 3 N–H and O–H groups in total. The van der Waals surface area contributed by atoms with E-state index >= 15 is 0 Å². The van der Waals surface area contributed by atoms with E-state index in [4.69, 9.17) is 14.7 Å². The molecular formula is C7H10O6P2S. The molecule has 0 aromatic heterocycles. The molecule has 9 heteroatoms. The van der Waals surface area contributed by atoms with Gasteiger partial charge in [0.15, 0.2) is 0 Å². The van der Waals surface area contributed by atoms with Crippen molar-refractivity contribution in [2.75, 3.05) is 0 Å². The van der Waals surface area contributed by atoms with Crippen molar-refractivity contribution in [3.05, 3.63) is 35.9 Å². The van der Waals surface area contributed by atoms with Gasteiger partial charge in [0.25, 0.3) is 0 Å². The van der Waals surface area contributed by atoms with Gasteiger partial charge >= 0.3 is 14.6 Å². The smallest absolute Gasteiger partial charge is 0.316 e. The van der Waals surface area contributed by atoms with Crippen LogP contribution in [0.15, 0.2) is 30.3 Å². The predicted molar refractivity (Wildman–Crippen MR) is 60.7 cm³/mol. The standard InChI is InChI=1S/C7H10O6P2S/c8-14(9,10)13-15(11,12)16-6-7-4-2-1-3-5-7/h1-5H,6H2,(H,11,12)(H2,8,9,10). The van der Waals surface area contributed by atoms with Gasteiger partial charge in [-0.1, -0.05) is 30.3 Å². The highest BCUT2D eigenvalue weighted by atomic mass is 32.7. The van der Waals surface area contributed by atoms with Crippen LogP contribution in [-0.2, 0) is 19.2 Å². The van der Waals surface area contributed by atoms with Gasteiger partial charge in [-0.3, -0.25) is 0 Å². The highest BCUT2D eigenvalue weighted by Gasteiger charge is 2.31. The minimum atomic E-state index is -4.94. The fraction of sp³-hybridized carbons (Fsp3) is 0.143. The van der Waals surface area contributed by atoms with Crippen molar-refractivity contribution in [2.24, 2.45) is 0 Å². The van der Waals surface area contributed by atoms with Crippen LogP contribution in [0, 0.1) is 0 Å². The van der Waals surface area contributed by atoms with Gasteiger partial charge in [0.05, 0.1) is 0 Å². The van der Waals surface area contributed by atoms with E-state index in [0.29, 0.717) is 11.4 Å². The Kier molecular flexibility index (Phi) is 4.76. The van der Waals surface area contributed by atoms with Crippen LogP contribution in [0.3, 0.4) is 0 Å². The van der Waals surface area contributed by atoms with Crippen molar-refractivity contribution >= 4 is 26.0 Å². The third-order valence-electron chi connectivity index (χ3n) is 1.45. The molecule has 1 aromatic rings. The first-order chi connectivity index (χ1) is 7.29. The summed E-state index contributed by atoms with van der Waals surface area (Å²) >= 11 is 0.455. The minimum absolute atomic E-state index is 0.134. The van der Waals surface area contributed by atoms with Crippen LogP contribution >= 0.6 is 26.0 Å². The van der Waals surface area contributed by atoms with Gasteiger partial charge in [-0.25, -0.2) is 9.13 Å². The lowest BCUT2D eigenvalue weighted by atomic mass is 10.2. The summed E-state index contributed by atoms with van der Waals surface area (Å²) in [5.41, 5.74) is 0.760. The van der Waals surface area contributed by atoms with Gasteiger partial charge in [0, 0.05) is 5.75 Å². The molecular weight excluding hydrogens is 274 g/mol. The van der Waals surface area contributed by atoms with Crippen LogP contribution in [0.25, 0.3) is 0 Å². The first kappa shape index (κ1) is 13.9. The summed E-state index contributed by atoms with van der Waals surface area (Å²) in [5.74, 6) is 0.134. The zero-order valence-corrected chi connectivity index (χ0v) is 10.6. The van der Waals surface area contributed by atoms with Crippen molar-refractivity contribution < 1.29 is 28.1 Å². The Bertz CT molecular complexity index is 430. The Morgan fingerprint density at radius 3 is 2.19 bits per heavy atom. The topological polar surface area (TPSA) is 104 Å². The van der Waals surface area contributed by atoms with Crippen molar-refractivity contribution in [3.63, 3.8) is 0 Å². The molecule has 1 unspecified atom stereocenters. The van der Waals surface area contributed by atoms with Crippen LogP contribution in [0.5, 0.6) is 0 Å². The molecule has 1 aromatic carbocycles. The molecule has 0 aliphatic heterocycles. The number of benzene rings is 1. The number of rotatable bonds is 5. The second-order valence-corrected chi connectivity index (χ2v) is 8.08. The minimum Gasteiger partial charge on any atom is -0.316 e. The average molecular weight is 284 g/mol. The maximum Gasteiger partial charge on any atom is 0.477 e. The molecule has 0 spiro atoms.